The van der Waals surface area contributed by atoms with Crippen LogP contribution in [0.1, 0.15) is 33.2 Å². The lowest BCUT2D eigenvalue weighted by atomic mass is 10.1. The van der Waals surface area contributed by atoms with Crippen molar-refractivity contribution in [3.05, 3.63) is 34.9 Å². The molecule has 1 amide bonds. The third-order valence-electron chi connectivity index (χ3n) is 3.63. The molecule has 0 bridgehead atoms. The zero-order valence-electron chi connectivity index (χ0n) is 12.0. The lowest BCUT2D eigenvalue weighted by molar-refractivity contribution is -0.123. The van der Waals surface area contributed by atoms with Crippen molar-refractivity contribution in [3.8, 4) is 0 Å². The maximum Gasteiger partial charge on any atom is 0.225 e. The van der Waals surface area contributed by atoms with E-state index in [4.69, 9.17) is 0 Å². The summed E-state index contributed by atoms with van der Waals surface area (Å²) in [5.74, 6) is 0.273. The highest BCUT2D eigenvalue weighted by molar-refractivity contribution is 9.10. The van der Waals surface area contributed by atoms with Gasteiger partial charge in [0.25, 0.3) is 0 Å². The van der Waals surface area contributed by atoms with Gasteiger partial charge < -0.3 is 9.88 Å². The van der Waals surface area contributed by atoms with Gasteiger partial charge in [-0.3, -0.25) is 4.79 Å². The molecule has 1 aromatic carbocycles. The molecule has 0 aliphatic heterocycles. The Bertz CT molecular complexity index is 669. The maximum absolute atomic E-state index is 12.2. The molecule has 0 saturated heterocycles. The highest BCUT2D eigenvalue weighted by Gasteiger charge is 2.45. The van der Waals surface area contributed by atoms with Gasteiger partial charge in [0.05, 0.1) is 5.92 Å². The number of hydrogen-bond acceptors (Lipinski definition) is 1. The predicted molar refractivity (Wildman–Crippen MR) is 84.7 cm³/mol. The molecule has 2 aromatic rings. The van der Waals surface area contributed by atoms with Gasteiger partial charge in [0, 0.05) is 33.2 Å². The Kier molecular flexibility index (Phi) is 3.16. The highest BCUT2D eigenvalue weighted by Crippen LogP contribution is 2.45. The Hall–Kier alpha value is -1.29. The summed E-state index contributed by atoms with van der Waals surface area (Å²) in [7, 11) is 0. The molecule has 1 saturated carbocycles. The normalized spacial score (nSPS) is 22.0. The fourth-order valence-electron chi connectivity index (χ4n) is 2.66. The van der Waals surface area contributed by atoms with Crippen molar-refractivity contribution in [1.29, 1.82) is 0 Å². The first-order chi connectivity index (χ1) is 9.35. The Morgan fingerprint density at radius 1 is 1.35 bits per heavy atom. The number of amides is 1. The summed E-state index contributed by atoms with van der Waals surface area (Å²) >= 11 is 3.49. The topological polar surface area (TPSA) is 34.0 Å². The minimum Gasteiger partial charge on any atom is -0.351 e. The lowest BCUT2D eigenvalue weighted by Crippen LogP contribution is -2.41. The largest absolute Gasteiger partial charge is 0.351 e. The summed E-state index contributed by atoms with van der Waals surface area (Å²) in [5, 5.41) is 4.28. The molecule has 0 spiro atoms. The molecule has 0 radical (unpaired) electrons. The van der Waals surface area contributed by atoms with Gasteiger partial charge in [0.1, 0.15) is 0 Å². The van der Waals surface area contributed by atoms with E-state index in [0.717, 1.165) is 10.9 Å². The monoisotopic (exact) mass is 334 g/mol. The van der Waals surface area contributed by atoms with Crippen LogP contribution in [-0.4, -0.2) is 16.0 Å². The summed E-state index contributed by atoms with van der Waals surface area (Å²) in [6.07, 6.45) is 3.02. The second-order valence-corrected chi connectivity index (χ2v) is 7.49. The second-order valence-electron chi connectivity index (χ2n) is 6.57. The number of benzene rings is 1. The van der Waals surface area contributed by atoms with Gasteiger partial charge in [-0.25, -0.2) is 0 Å². The van der Waals surface area contributed by atoms with Gasteiger partial charge in [-0.2, -0.15) is 0 Å². The Labute approximate surface area is 127 Å². The number of aromatic nitrogens is 1. The van der Waals surface area contributed by atoms with Crippen LogP contribution in [0.5, 0.6) is 0 Å². The summed E-state index contributed by atoms with van der Waals surface area (Å²) in [6.45, 7) is 6.06. The van der Waals surface area contributed by atoms with Crippen molar-refractivity contribution < 1.29 is 4.79 Å². The minimum atomic E-state index is -0.159. The molecule has 3 rings (SSSR count). The van der Waals surface area contributed by atoms with E-state index in [2.05, 4.69) is 50.2 Å². The van der Waals surface area contributed by atoms with Gasteiger partial charge in [-0.1, -0.05) is 15.9 Å². The average Bonchev–Trinajstić information content (AvgIpc) is 3.01. The van der Waals surface area contributed by atoms with Crippen LogP contribution in [0.15, 0.2) is 34.9 Å². The first kappa shape index (κ1) is 13.7. The molecule has 1 fully saturated rings. The molecular formula is C16H19BrN2O. The molecule has 1 N–H and O–H groups in total. The first-order valence-electron chi connectivity index (χ1n) is 6.93. The zero-order valence-corrected chi connectivity index (χ0v) is 13.6. The van der Waals surface area contributed by atoms with Crippen LogP contribution in [0, 0.1) is 5.92 Å². The quantitative estimate of drug-likeness (QED) is 0.888. The molecule has 3 nitrogen and oxygen atoms in total. The van der Waals surface area contributed by atoms with E-state index < -0.39 is 0 Å². The number of halogens is 1. The molecule has 0 unspecified atom stereocenters. The van der Waals surface area contributed by atoms with Gasteiger partial charge in [-0.05, 0) is 51.5 Å². The molecule has 1 heterocycles. The van der Waals surface area contributed by atoms with Crippen LogP contribution < -0.4 is 5.32 Å². The van der Waals surface area contributed by atoms with Crippen LogP contribution >= 0.6 is 15.9 Å². The summed E-state index contributed by atoms with van der Waals surface area (Å²) in [4.78, 5) is 12.2. The van der Waals surface area contributed by atoms with Crippen LogP contribution in [0.4, 0.5) is 0 Å². The molecule has 106 valence electrons. The minimum absolute atomic E-state index is 0.105. The standard InChI is InChI=1S/C16H19BrN2O/c1-16(2,3)18-15(20)12-9-14(12)19-7-6-10-8-11(17)4-5-13(10)19/h4-8,12,14H,9H2,1-3H3,(H,18,20)/t12-,14-/m1/s1. The van der Waals surface area contributed by atoms with Crippen LogP contribution in [0.25, 0.3) is 10.9 Å². The van der Waals surface area contributed by atoms with Crippen molar-refractivity contribution >= 4 is 32.7 Å². The molecule has 1 aliphatic carbocycles. The zero-order chi connectivity index (χ0) is 14.5. The number of carbonyl (C=O) groups is 1. The lowest BCUT2D eigenvalue weighted by Gasteiger charge is -2.20. The number of hydrogen-bond donors (Lipinski definition) is 1. The van der Waals surface area contributed by atoms with E-state index in [1.807, 2.05) is 26.8 Å². The highest BCUT2D eigenvalue weighted by atomic mass is 79.9. The second kappa shape index (κ2) is 4.62. The number of nitrogens with zero attached hydrogens (tertiary/aromatic N) is 1. The molecule has 1 aromatic heterocycles. The van der Waals surface area contributed by atoms with Gasteiger partial charge in [0.2, 0.25) is 5.91 Å². The Morgan fingerprint density at radius 3 is 2.80 bits per heavy atom. The van der Waals surface area contributed by atoms with E-state index in [0.29, 0.717) is 6.04 Å². The summed E-state index contributed by atoms with van der Waals surface area (Å²) in [6, 6.07) is 8.67. The smallest absolute Gasteiger partial charge is 0.225 e. The van der Waals surface area contributed by atoms with Crippen LogP contribution in [0.3, 0.4) is 0 Å². The molecular weight excluding hydrogens is 316 g/mol. The van der Waals surface area contributed by atoms with E-state index in [-0.39, 0.29) is 17.4 Å². The number of fused-ring (bicyclic) bond motifs is 1. The Balaban J connectivity index is 1.80. The first-order valence-corrected chi connectivity index (χ1v) is 7.72. The number of nitrogens with one attached hydrogen (secondary N) is 1. The van der Waals surface area contributed by atoms with Gasteiger partial charge >= 0.3 is 0 Å². The third kappa shape index (κ3) is 2.62. The van der Waals surface area contributed by atoms with E-state index in [1.54, 1.807) is 0 Å². The molecule has 1 aliphatic rings. The fraction of sp³-hybridized carbons (Fsp3) is 0.438. The third-order valence-corrected chi connectivity index (χ3v) is 4.12. The maximum atomic E-state index is 12.2. The van der Waals surface area contributed by atoms with Crippen molar-refractivity contribution in [1.82, 2.24) is 9.88 Å². The van der Waals surface area contributed by atoms with E-state index in [1.165, 1.54) is 10.9 Å². The van der Waals surface area contributed by atoms with Gasteiger partial charge in [0.15, 0.2) is 0 Å². The van der Waals surface area contributed by atoms with Crippen molar-refractivity contribution in [2.45, 2.75) is 38.8 Å². The predicted octanol–water partition coefficient (Wildman–Crippen LogP) is 3.88. The SMILES string of the molecule is CC(C)(C)NC(=O)[C@@H]1C[C@H]1n1ccc2cc(Br)ccc21. The van der Waals surface area contributed by atoms with Crippen molar-refractivity contribution in [3.63, 3.8) is 0 Å². The van der Waals surface area contributed by atoms with E-state index >= 15 is 0 Å². The van der Waals surface area contributed by atoms with Crippen LogP contribution in [-0.2, 0) is 4.79 Å². The van der Waals surface area contributed by atoms with Crippen LogP contribution in [0.2, 0.25) is 0 Å². The average molecular weight is 335 g/mol. The molecule has 20 heavy (non-hydrogen) atoms. The Morgan fingerprint density at radius 2 is 2.10 bits per heavy atom. The fourth-order valence-corrected chi connectivity index (χ4v) is 3.04. The van der Waals surface area contributed by atoms with Gasteiger partial charge in [-0.15, -0.1) is 0 Å². The molecule has 4 heteroatoms. The molecule has 2 atom stereocenters. The van der Waals surface area contributed by atoms with E-state index in [9.17, 15) is 4.79 Å². The van der Waals surface area contributed by atoms with Crippen molar-refractivity contribution in [2.75, 3.05) is 0 Å². The summed E-state index contributed by atoms with van der Waals surface area (Å²) < 4.78 is 3.31. The number of rotatable bonds is 2. The summed E-state index contributed by atoms with van der Waals surface area (Å²) in [5.41, 5.74) is 1.04. The van der Waals surface area contributed by atoms with Crippen molar-refractivity contribution in [2.24, 2.45) is 5.92 Å². The number of carbonyl (C=O) groups excluding carboxylic acids is 1.